The van der Waals surface area contributed by atoms with E-state index >= 15 is 0 Å². The summed E-state index contributed by atoms with van der Waals surface area (Å²) in [5.41, 5.74) is 3.68. The highest BCUT2D eigenvalue weighted by Crippen LogP contribution is 2.36. The summed E-state index contributed by atoms with van der Waals surface area (Å²) in [6, 6.07) is 21.4. The molecular weight excluding hydrogens is 360 g/mol. The highest BCUT2D eigenvalue weighted by atomic mass is 32.2. The fourth-order valence-electron chi connectivity index (χ4n) is 3.82. The molecule has 0 unspecified atom stereocenters. The van der Waals surface area contributed by atoms with E-state index < -0.39 is 0 Å². The van der Waals surface area contributed by atoms with Gasteiger partial charge in [0.15, 0.2) is 0 Å². The van der Waals surface area contributed by atoms with Gasteiger partial charge in [-0.15, -0.1) is 11.8 Å². The van der Waals surface area contributed by atoms with Crippen molar-refractivity contribution < 1.29 is 0 Å². The average molecular weight is 387 g/mol. The van der Waals surface area contributed by atoms with Gasteiger partial charge in [0.05, 0.1) is 11.3 Å². The third kappa shape index (κ3) is 4.15. The van der Waals surface area contributed by atoms with Crippen LogP contribution in [0.1, 0.15) is 24.5 Å². The van der Waals surface area contributed by atoms with Gasteiger partial charge in [0.25, 0.3) is 0 Å². The molecule has 1 aliphatic heterocycles. The van der Waals surface area contributed by atoms with Gasteiger partial charge in [-0.05, 0) is 30.0 Å². The normalized spacial score (nSPS) is 23.7. The van der Waals surface area contributed by atoms with Crippen LogP contribution < -0.4 is 5.32 Å². The molecule has 1 aliphatic carbocycles. The predicted molar refractivity (Wildman–Crippen MR) is 122 cm³/mol. The standard InChI is InChI=1S/C25H26N2S/c1-25(22-16-10-5-11-17-22)24(21-14-8-2-3-9-15-21)26-23(27-25)19-28-18-20-12-6-4-7-13-20/h2-8,10-17,24H,9,18-19H2,1H3,(H,26,27)/t24-,25+/m1/s1. The Morgan fingerprint density at radius 2 is 1.75 bits per heavy atom. The molecule has 0 saturated carbocycles. The van der Waals surface area contributed by atoms with E-state index in [0.29, 0.717) is 0 Å². The lowest BCUT2D eigenvalue weighted by Crippen LogP contribution is -2.45. The average Bonchev–Trinajstić information content (AvgIpc) is 2.91. The van der Waals surface area contributed by atoms with Gasteiger partial charge in [-0.1, -0.05) is 91.0 Å². The zero-order valence-electron chi connectivity index (χ0n) is 16.2. The minimum Gasteiger partial charge on any atom is -0.361 e. The molecule has 142 valence electrons. The SMILES string of the molecule is C[C@@]1(c2ccccc2)NC(CSCc2ccccc2)=N[C@@H]1C1=CCC=CC=C1. The molecule has 1 N–H and O–H groups in total. The van der Waals surface area contributed by atoms with Crippen LogP contribution in [0.2, 0.25) is 0 Å². The molecule has 0 saturated heterocycles. The van der Waals surface area contributed by atoms with E-state index in [1.165, 1.54) is 16.7 Å². The fraction of sp³-hybridized carbons (Fsp3) is 0.240. The Morgan fingerprint density at radius 1 is 1.00 bits per heavy atom. The van der Waals surface area contributed by atoms with Gasteiger partial charge < -0.3 is 5.32 Å². The molecule has 28 heavy (non-hydrogen) atoms. The molecular formula is C25H26N2S. The first-order valence-corrected chi connectivity index (χ1v) is 11.0. The van der Waals surface area contributed by atoms with Crippen molar-refractivity contribution in [2.45, 2.75) is 30.7 Å². The molecule has 0 bridgehead atoms. The van der Waals surface area contributed by atoms with Crippen LogP contribution in [-0.4, -0.2) is 17.6 Å². The predicted octanol–water partition coefficient (Wildman–Crippen LogP) is 5.65. The summed E-state index contributed by atoms with van der Waals surface area (Å²) >= 11 is 1.91. The molecule has 0 aromatic heterocycles. The zero-order valence-corrected chi connectivity index (χ0v) is 17.0. The fourth-order valence-corrected chi connectivity index (χ4v) is 4.69. The van der Waals surface area contributed by atoms with Crippen molar-refractivity contribution in [3.8, 4) is 0 Å². The second-order valence-corrected chi connectivity index (χ2v) is 8.36. The summed E-state index contributed by atoms with van der Waals surface area (Å²) < 4.78 is 0. The number of thioether (sulfide) groups is 1. The Balaban J connectivity index is 1.55. The first-order valence-electron chi connectivity index (χ1n) is 9.81. The van der Waals surface area contributed by atoms with E-state index in [2.05, 4.69) is 103 Å². The summed E-state index contributed by atoms with van der Waals surface area (Å²) in [6.45, 7) is 2.28. The molecule has 0 fully saturated rings. The van der Waals surface area contributed by atoms with Crippen molar-refractivity contribution in [3.63, 3.8) is 0 Å². The summed E-state index contributed by atoms with van der Waals surface area (Å²) in [5.74, 6) is 2.98. The van der Waals surface area contributed by atoms with Crippen molar-refractivity contribution in [2.24, 2.45) is 4.99 Å². The molecule has 2 atom stereocenters. The number of aliphatic imine (C=N–C) groups is 1. The zero-order chi connectivity index (χ0) is 19.2. The van der Waals surface area contributed by atoms with Crippen LogP contribution in [-0.2, 0) is 11.3 Å². The largest absolute Gasteiger partial charge is 0.361 e. The maximum atomic E-state index is 5.15. The van der Waals surface area contributed by atoms with Crippen LogP contribution >= 0.6 is 11.8 Å². The maximum absolute atomic E-state index is 5.15. The molecule has 2 aromatic carbocycles. The lowest BCUT2D eigenvalue weighted by atomic mass is 9.81. The van der Waals surface area contributed by atoms with E-state index in [4.69, 9.17) is 4.99 Å². The van der Waals surface area contributed by atoms with Crippen LogP contribution in [0.4, 0.5) is 0 Å². The molecule has 2 aromatic rings. The minimum atomic E-state index is -0.232. The molecule has 4 rings (SSSR count). The third-order valence-corrected chi connectivity index (χ3v) is 6.32. The van der Waals surface area contributed by atoms with Crippen LogP contribution in [0.3, 0.4) is 0 Å². The molecule has 0 radical (unpaired) electrons. The van der Waals surface area contributed by atoms with Crippen LogP contribution in [0.25, 0.3) is 0 Å². The van der Waals surface area contributed by atoms with E-state index in [9.17, 15) is 0 Å². The smallest absolute Gasteiger partial charge is 0.108 e. The van der Waals surface area contributed by atoms with Crippen LogP contribution in [0, 0.1) is 0 Å². The summed E-state index contributed by atoms with van der Waals surface area (Å²) in [6.07, 6.45) is 11.9. The second kappa shape index (κ2) is 8.66. The minimum absolute atomic E-state index is 0.0818. The van der Waals surface area contributed by atoms with Gasteiger partial charge in [-0.25, -0.2) is 0 Å². The number of nitrogens with one attached hydrogen (secondary N) is 1. The number of hydrogen-bond donors (Lipinski definition) is 1. The third-order valence-electron chi connectivity index (χ3n) is 5.30. The van der Waals surface area contributed by atoms with Crippen LogP contribution in [0.15, 0.2) is 102 Å². The molecule has 3 heteroatoms. The molecule has 1 heterocycles. The van der Waals surface area contributed by atoms with Gasteiger partial charge in [0.1, 0.15) is 11.9 Å². The first-order chi connectivity index (χ1) is 13.8. The van der Waals surface area contributed by atoms with Gasteiger partial charge >= 0.3 is 0 Å². The lowest BCUT2D eigenvalue weighted by molar-refractivity contribution is 0.414. The number of hydrogen-bond acceptors (Lipinski definition) is 3. The monoisotopic (exact) mass is 386 g/mol. The topological polar surface area (TPSA) is 24.4 Å². The number of nitrogens with zero attached hydrogens (tertiary/aromatic N) is 1. The summed E-state index contributed by atoms with van der Waals surface area (Å²) in [7, 11) is 0. The highest BCUT2D eigenvalue weighted by molar-refractivity contribution is 7.99. The van der Waals surface area contributed by atoms with Crippen molar-refractivity contribution in [1.82, 2.24) is 5.32 Å². The quantitative estimate of drug-likeness (QED) is 0.694. The Morgan fingerprint density at radius 3 is 2.54 bits per heavy atom. The van der Waals surface area contributed by atoms with Crippen molar-refractivity contribution in [1.29, 1.82) is 0 Å². The molecule has 0 spiro atoms. The van der Waals surface area contributed by atoms with Crippen LogP contribution in [0.5, 0.6) is 0 Å². The molecule has 2 nitrogen and oxygen atoms in total. The van der Waals surface area contributed by atoms with Gasteiger partial charge in [0, 0.05) is 5.75 Å². The van der Waals surface area contributed by atoms with Crippen molar-refractivity contribution >= 4 is 17.6 Å². The first kappa shape index (κ1) is 18.8. The lowest BCUT2D eigenvalue weighted by Gasteiger charge is -2.32. The van der Waals surface area contributed by atoms with Gasteiger partial charge in [0.2, 0.25) is 0 Å². The van der Waals surface area contributed by atoms with E-state index in [1.54, 1.807) is 0 Å². The Kier molecular flexibility index (Phi) is 5.82. The van der Waals surface area contributed by atoms with Gasteiger partial charge in [-0.2, -0.15) is 0 Å². The van der Waals surface area contributed by atoms with E-state index in [1.807, 2.05) is 11.8 Å². The van der Waals surface area contributed by atoms with Gasteiger partial charge in [-0.3, -0.25) is 4.99 Å². The number of benzene rings is 2. The summed E-state index contributed by atoms with van der Waals surface area (Å²) in [4.78, 5) is 5.15. The second-order valence-electron chi connectivity index (χ2n) is 7.38. The van der Waals surface area contributed by atoms with Crippen molar-refractivity contribution in [3.05, 3.63) is 108 Å². The molecule has 2 aliphatic rings. The number of amidine groups is 1. The number of rotatable bonds is 6. The maximum Gasteiger partial charge on any atom is 0.108 e. The molecule has 0 amide bonds. The Bertz CT molecular complexity index is 912. The number of allylic oxidation sites excluding steroid dienone is 4. The Labute approximate surface area is 172 Å². The Hall–Kier alpha value is -2.52. The summed E-state index contributed by atoms with van der Waals surface area (Å²) in [5, 5.41) is 3.77. The van der Waals surface area contributed by atoms with Crippen molar-refractivity contribution in [2.75, 3.05) is 5.75 Å². The van der Waals surface area contributed by atoms with E-state index in [-0.39, 0.29) is 11.6 Å². The highest BCUT2D eigenvalue weighted by Gasteiger charge is 2.42. The van der Waals surface area contributed by atoms with E-state index in [0.717, 1.165) is 23.8 Å².